The fourth-order valence-corrected chi connectivity index (χ4v) is 15.8. The van der Waals surface area contributed by atoms with E-state index in [1.807, 2.05) is 18.2 Å². The molecule has 0 amide bonds. The predicted octanol–water partition coefficient (Wildman–Crippen LogP) is 10.3. The molecule has 0 spiro atoms. The van der Waals surface area contributed by atoms with Gasteiger partial charge in [0, 0.05) is 0 Å². The number of fused-ring (bicyclic) bond motifs is 1. The molecule has 6 atom stereocenters. The standard InChI is InChI=1S/C44H40F6P2/c1-25-17-26(2)20-34(19-25)52(35-21-27(3)18-28(4)22-35)39-24-37-40-36(41(39)42(37)40)23-29-7-5-6-8-38(29)51(32-13-9-30(10-14-32)43(45,46)47)33-15-11-31(12-16-33)44(48,49)50/h5-22,36-37,39-42H,23-24H2,1-4H3. The quantitative estimate of drug-likeness (QED) is 0.110. The maximum atomic E-state index is 13.6. The molecule has 3 aliphatic carbocycles. The van der Waals surface area contributed by atoms with E-state index in [2.05, 4.69) is 70.2 Å². The Morgan fingerprint density at radius 2 is 1.00 bits per heavy atom. The molecule has 8 rings (SSSR count). The molecule has 0 aromatic heterocycles. The third kappa shape index (κ3) is 6.53. The van der Waals surface area contributed by atoms with Gasteiger partial charge in [-0.1, -0.05) is 107 Å². The van der Waals surface area contributed by atoms with Crippen LogP contribution in [-0.4, -0.2) is 5.66 Å². The Kier molecular flexibility index (Phi) is 8.98. The molecule has 6 unspecified atom stereocenters. The minimum absolute atomic E-state index is 0.494. The van der Waals surface area contributed by atoms with Crippen LogP contribution < -0.4 is 26.5 Å². The average Bonchev–Trinajstić information content (AvgIpc) is 3.56. The minimum Gasteiger partial charge on any atom is -0.166 e. The number of hydrogen-bond acceptors (Lipinski definition) is 0. The molecule has 268 valence electrons. The first-order valence-corrected chi connectivity index (χ1v) is 20.6. The van der Waals surface area contributed by atoms with Crippen molar-refractivity contribution in [3.63, 3.8) is 0 Å². The number of aryl methyl sites for hydroxylation is 4. The van der Waals surface area contributed by atoms with Crippen molar-refractivity contribution in [2.24, 2.45) is 29.6 Å². The summed E-state index contributed by atoms with van der Waals surface area (Å²) >= 11 is 0. The molecule has 0 aliphatic heterocycles. The first kappa shape index (κ1) is 35.6. The largest absolute Gasteiger partial charge is 0.416 e. The number of halogens is 6. The highest BCUT2D eigenvalue weighted by Crippen LogP contribution is 2.80. The summed E-state index contributed by atoms with van der Waals surface area (Å²) in [5.41, 5.74) is 5.35. The summed E-state index contributed by atoms with van der Waals surface area (Å²) in [6, 6.07) is 32.5. The lowest BCUT2D eigenvalue weighted by Crippen LogP contribution is -2.43. The van der Waals surface area contributed by atoms with Gasteiger partial charge in [0.05, 0.1) is 11.1 Å². The number of alkyl halides is 6. The summed E-state index contributed by atoms with van der Waals surface area (Å²) in [7, 11) is -2.04. The molecular formula is C44H40F6P2. The lowest BCUT2D eigenvalue weighted by atomic mass is 9.68. The van der Waals surface area contributed by atoms with Gasteiger partial charge in [0.25, 0.3) is 0 Å². The molecule has 0 saturated heterocycles. The second kappa shape index (κ2) is 13.1. The number of hydrogen-bond donors (Lipinski definition) is 0. The lowest BCUT2D eigenvalue weighted by Gasteiger charge is -2.45. The van der Waals surface area contributed by atoms with Crippen LogP contribution in [0.25, 0.3) is 0 Å². The first-order chi connectivity index (χ1) is 24.7. The highest BCUT2D eigenvalue weighted by atomic mass is 31.1. The Balaban J connectivity index is 1.16. The van der Waals surface area contributed by atoms with Gasteiger partial charge >= 0.3 is 12.4 Å². The Morgan fingerprint density at radius 3 is 1.44 bits per heavy atom. The smallest absolute Gasteiger partial charge is 0.166 e. The summed E-state index contributed by atoms with van der Waals surface area (Å²) in [6.07, 6.45) is -6.87. The third-order valence-corrected chi connectivity index (χ3v) is 17.0. The topological polar surface area (TPSA) is 0 Å². The molecule has 0 N–H and O–H groups in total. The van der Waals surface area contributed by atoms with Crippen LogP contribution in [0.3, 0.4) is 0 Å². The predicted molar refractivity (Wildman–Crippen MR) is 203 cm³/mol. The molecule has 8 heteroatoms. The zero-order valence-corrected chi connectivity index (χ0v) is 31.2. The van der Waals surface area contributed by atoms with Crippen molar-refractivity contribution in [1.82, 2.24) is 0 Å². The molecule has 0 bridgehead atoms. The molecule has 0 radical (unpaired) electrons. The highest BCUT2D eigenvalue weighted by Gasteiger charge is 2.75. The van der Waals surface area contributed by atoms with Gasteiger partial charge in [0.2, 0.25) is 0 Å². The summed E-state index contributed by atoms with van der Waals surface area (Å²) < 4.78 is 81.4. The van der Waals surface area contributed by atoms with Crippen molar-refractivity contribution in [2.75, 3.05) is 0 Å². The van der Waals surface area contributed by atoms with Crippen LogP contribution in [0.2, 0.25) is 0 Å². The van der Waals surface area contributed by atoms with Gasteiger partial charge in [-0.2, -0.15) is 26.3 Å². The van der Waals surface area contributed by atoms with Crippen LogP contribution in [0.5, 0.6) is 0 Å². The summed E-state index contributed by atoms with van der Waals surface area (Å²) in [5, 5.41) is 5.25. The molecule has 0 heterocycles. The van der Waals surface area contributed by atoms with Gasteiger partial charge in [-0.3, -0.25) is 0 Å². The van der Waals surface area contributed by atoms with Crippen molar-refractivity contribution in [2.45, 2.75) is 58.5 Å². The van der Waals surface area contributed by atoms with Crippen LogP contribution in [0.4, 0.5) is 26.3 Å². The fraction of sp³-hybridized carbons (Fsp3) is 0.318. The second-order valence-electron chi connectivity index (χ2n) is 15.2. The van der Waals surface area contributed by atoms with Gasteiger partial charge in [0.15, 0.2) is 0 Å². The average molecular weight is 745 g/mol. The van der Waals surface area contributed by atoms with Crippen LogP contribution in [0, 0.1) is 57.3 Å². The van der Waals surface area contributed by atoms with E-state index in [0.29, 0.717) is 34.0 Å². The van der Waals surface area contributed by atoms with Crippen molar-refractivity contribution in [1.29, 1.82) is 0 Å². The SMILES string of the molecule is Cc1cc(C)cc(P(c2cc(C)cc(C)c2)C2CC3C4C(Cc5ccccc5P(c5ccc(C(F)(F)F)cc5)c5ccc(C(F)(F)F)cc5)C2C34)c1. The van der Waals surface area contributed by atoms with E-state index < -0.39 is 39.3 Å². The lowest BCUT2D eigenvalue weighted by molar-refractivity contribution is -0.138. The molecule has 3 aliphatic rings. The summed E-state index contributed by atoms with van der Waals surface area (Å²) in [6.45, 7) is 8.73. The molecule has 5 aromatic rings. The van der Waals surface area contributed by atoms with Crippen LogP contribution >= 0.6 is 15.8 Å². The Morgan fingerprint density at radius 1 is 0.538 bits per heavy atom. The molecule has 3 saturated carbocycles. The fourth-order valence-electron chi connectivity index (χ4n) is 9.70. The molecule has 0 nitrogen and oxygen atoms in total. The maximum Gasteiger partial charge on any atom is 0.416 e. The van der Waals surface area contributed by atoms with Crippen molar-refractivity contribution < 1.29 is 26.3 Å². The van der Waals surface area contributed by atoms with Crippen LogP contribution in [0.15, 0.2) is 109 Å². The first-order valence-electron chi connectivity index (χ1n) is 17.9. The van der Waals surface area contributed by atoms with E-state index in [0.717, 1.165) is 53.4 Å². The normalized spacial score (nSPS) is 23.5. The van der Waals surface area contributed by atoms with Crippen molar-refractivity contribution in [3.8, 4) is 0 Å². The zero-order valence-electron chi connectivity index (χ0n) is 29.4. The Labute approximate surface area is 304 Å². The second-order valence-corrected chi connectivity index (χ2v) is 19.8. The summed E-state index contributed by atoms with van der Waals surface area (Å²) in [5.74, 6) is 3.23. The number of rotatable bonds is 8. The van der Waals surface area contributed by atoms with Gasteiger partial charge in [-0.05, 0) is 148 Å². The van der Waals surface area contributed by atoms with Crippen molar-refractivity contribution >= 4 is 42.4 Å². The van der Waals surface area contributed by atoms with E-state index >= 15 is 0 Å². The van der Waals surface area contributed by atoms with Crippen LogP contribution in [-0.2, 0) is 18.8 Å². The molecule has 52 heavy (non-hydrogen) atoms. The van der Waals surface area contributed by atoms with Gasteiger partial charge in [0.1, 0.15) is 0 Å². The van der Waals surface area contributed by atoms with E-state index in [4.69, 9.17) is 0 Å². The zero-order chi connectivity index (χ0) is 36.7. The van der Waals surface area contributed by atoms with Crippen LogP contribution in [0.1, 0.15) is 45.4 Å². The summed E-state index contributed by atoms with van der Waals surface area (Å²) in [4.78, 5) is 0. The third-order valence-electron chi connectivity index (χ3n) is 11.6. The van der Waals surface area contributed by atoms with Gasteiger partial charge < -0.3 is 0 Å². The van der Waals surface area contributed by atoms with Crippen molar-refractivity contribution in [3.05, 3.63) is 148 Å². The Bertz CT molecular complexity index is 1960. The monoisotopic (exact) mass is 744 g/mol. The minimum atomic E-state index is -4.48. The van der Waals surface area contributed by atoms with E-state index in [1.165, 1.54) is 63.5 Å². The van der Waals surface area contributed by atoms with E-state index in [9.17, 15) is 26.3 Å². The van der Waals surface area contributed by atoms with Gasteiger partial charge in [-0.25, -0.2) is 0 Å². The highest BCUT2D eigenvalue weighted by molar-refractivity contribution is 7.80. The molecule has 3 fully saturated rings. The molecule has 5 aromatic carbocycles. The number of benzene rings is 5. The van der Waals surface area contributed by atoms with E-state index in [-0.39, 0.29) is 0 Å². The Hall–Kier alpha value is -3.46. The maximum absolute atomic E-state index is 13.6. The molecular weight excluding hydrogens is 704 g/mol. The van der Waals surface area contributed by atoms with Gasteiger partial charge in [-0.15, -0.1) is 0 Å². The van der Waals surface area contributed by atoms with E-state index in [1.54, 1.807) is 0 Å².